The highest BCUT2D eigenvalue weighted by molar-refractivity contribution is 6.32. The lowest BCUT2D eigenvalue weighted by Crippen LogP contribution is -2.06. The zero-order chi connectivity index (χ0) is 11.5. The molecule has 2 rings (SSSR count). The van der Waals surface area contributed by atoms with E-state index in [1.807, 2.05) is 35.9 Å². The Bertz CT molecular complexity index is 496. The van der Waals surface area contributed by atoms with Crippen LogP contribution in [0.2, 0.25) is 5.02 Å². The van der Waals surface area contributed by atoms with Gasteiger partial charge in [0.2, 0.25) is 0 Å². The van der Waals surface area contributed by atoms with Crippen LogP contribution in [0, 0.1) is 6.92 Å². The molecule has 1 aromatic heterocycles. The van der Waals surface area contributed by atoms with Crippen LogP contribution in [0.1, 0.15) is 11.4 Å². The molecule has 2 aromatic rings. The summed E-state index contributed by atoms with van der Waals surface area (Å²) >= 11 is 6.17. The first kappa shape index (κ1) is 11.1. The number of imidazole rings is 1. The fourth-order valence-electron chi connectivity index (χ4n) is 1.58. The predicted molar refractivity (Wildman–Crippen MR) is 61.9 cm³/mol. The predicted octanol–water partition coefficient (Wildman–Crippen LogP) is 2.31. The van der Waals surface area contributed by atoms with E-state index in [0.717, 1.165) is 17.1 Å². The summed E-state index contributed by atoms with van der Waals surface area (Å²) in [6, 6.07) is 5.63. The second-order valence-corrected chi connectivity index (χ2v) is 3.87. The third-order valence-corrected chi connectivity index (χ3v) is 2.68. The van der Waals surface area contributed by atoms with Crippen molar-refractivity contribution in [1.29, 1.82) is 0 Å². The van der Waals surface area contributed by atoms with Gasteiger partial charge < -0.3 is 9.77 Å². The summed E-state index contributed by atoms with van der Waals surface area (Å²) in [7, 11) is 0. The van der Waals surface area contributed by atoms with Crippen molar-refractivity contribution in [3.8, 4) is 5.69 Å². The molecule has 1 aromatic carbocycles. The van der Waals surface area contributed by atoms with E-state index in [2.05, 4.69) is 10.5 Å². The highest BCUT2D eigenvalue weighted by Gasteiger charge is 2.06. The van der Waals surface area contributed by atoms with E-state index < -0.39 is 0 Å². The van der Waals surface area contributed by atoms with E-state index in [1.165, 1.54) is 0 Å². The number of aryl methyl sites for hydroxylation is 1. The molecule has 16 heavy (non-hydrogen) atoms. The molecule has 0 bridgehead atoms. The number of hydrogen-bond donors (Lipinski definition) is 2. The molecule has 2 N–H and O–H groups in total. The van der Waals surface area contributed by atoms with Crippen molar-refractivity contribution in [3.63, 3.8) is 0 Å². The molecule has 84 valence electrons. The molecular weight excluding hydrogens is 226 g/mol. The second kappa shape index (κ2) is 4.65. The van der Waals surface area contributed by atoms with Gasteiger partial charge in [-0.25, -0.2) is 10.5 Å². The average Bonchev–Trinajstić information content (AvgIpc) is 2.65. The average molecular weight is 238 g/mol. The molecule has 0 fully saturated rings. The maximum atomic E-state index is 8.60. The molecule has 0 saturated heterocycles. The molecule has 0 aliphatic rings. The van der Waals surface area contributed by atoms with Crippen molar-refractivity contribution in [2.24, 2.45) is 0 Å². The van der Waals surface area contributed by atoms with Crippen LogP contribution < -0.4 is 5.48 Å². The lowest BCUT2D eigenvalue weighted by Gasteiger charge is -2.09. The maximum absolute atomic E-state index is 8.60. The Kier molecular flexibility index (Phi) is 3.24. The summed E-state index contributed by atoms with van der Waals surface area (Å²) in [5.41, 5.74) is 3.91. The van der Waals surface area contributed by atoms with Crippen LogP contribution >= 0.6 is 11.6 Å². The summed E-state index contributed by atoms with van der Waals surface area (Å²) in [4.78, 5) is 4.14. The first-order chi connectivity index (χ1) is 7.72. The van der Waals surface area contributed by atoms with E-state index in [0.29, 0.717) is 11.6 Å². The zero-order valence-corrected chi connectivity index (χ0v) is 9.57. The lowest BCUT2D eigenvalue weighted by molar-refractivity contribution is 0.161. The van der Waals surface area contributed by atoms with Crippen LogP contribution in [0.4, 0.5) is 0 Å². The van der Waals surface area contributed by atoms with Crippen LogP contribution in [0.15, 0.2) is 30.6 Å². The first-order valence-electron chi connectivity index (χ1n) is 4.88. The van der Waals surface area contributed by atoms with E-state index >= 15 is 0 Å². The van der Waals surface area contributed by atoms with Crippen LogP contribution in [0.5, 0.6) is 0 Å². The number of halogens is 1. The van der Waals surface area contributed by atoms with E-state index in [1.54, 1.807) is 6.20 Å². The Balaban J connectivity index is 2.40. The van der Waals surface area contributed by atoms with Crippen molar-refractivity contribution in [2.75, 3.05) is 0 Å². The Labute approximate surface area is 98.5 Å². The Hall–Kier alpha value is -1.36. The van der Waals surface area contributed by atoms with Gasteiger partial charge in [0.25, 0.3) is 0 Å². The number of nitrogens with zero attached hydrogens (tertiary/aromatic N) is 2. The number of benzene rings is 1. The van der Waals surface area contributed by atoms with Gasteiger partial charge >= 0.3 is 0 Å². The minimum atomic E-state index is 0.378. The molecule has 0 saturated carbocycles. The lowest BCUT2D eigenvalue weighted by atomic mass is 10.2. The third kappa shape index (κ3) is 2.09. The first-order valence-corrected chi connectivity index (χ1v) is 5.26. The SMILES string of the molecule is Cc1nccn1-c1ccc(CNO)cc1Cl. The van der Waals surface area contributed by atoms with Gasteiger partial charge in [0.15, 0.2) is 0 Å². The fourth-order valence-corrected chi connectivity index (χ4v) is 1.87. The quantitative estimate of drug-likeness (QED) is 0.806. The number of rotatable bonds is 3. The van der Waals surface area contributed by atoms with Crippen molar-refractivity contribution < 1.29 is 5.21 Å². The van der Waals surface area contributed by atoms with Gasteiger partial charge in [0.05, 0.1) is 10.7 Å². The molecule has 0 aliphatic carbocycles. The summed E-state index contributed by atoms with van der Waals surface area (Å²) in [5.74, 6) is 0.884. The highest BCUT2D eigenvalue weighted by Crippen LogP contribution is 2.22. The monoisotopic (exact) mass is 237 g/mol. The van der Waals surface area contributed by atoms with Crippen LogP contribution in [-0.4, -0.2) is 14.8 Å². The van der Waals surface area contributed by atoms with E-state index in [4.69, 9.17) is 16.8 Å². The maximum Gasteiger partial charge on any atom is 0.110 e. The van der Waals surface area contributed by atoms with E-state index in [-0.39, 0.29) is 0 Å². The van der Waals surface area contributed by atoms with Crippen LogP contribution in [-0.2, 0) is 6.54 Å². The van der Waals surface area contributed by atoms with Crippen LogP contribution in [0.25, 0.3) is 5.69 Å². The summed E-state index contributed by atoms with van der Waals surface area (Å²) < 4.78 is 1.92. The van der Waals surface area contributed by atoms with Gasteiger partial charge in [-0.3, -0.25) is 0 Å². The minimum absolute atomic E-state index is 0.378. The Morgan fingerprint density at radius 1 is 1.50 bits per heavy atom. The fraction of sp³-hybridized carbons (Fsp3) is 0.182. The van der Waals surface area contributed by atoms with Gasteiger partial charge in [-0.2, -0.15) is 0 Å². The Morgan fingerprint density at radius 3 is 2.88 bits per heavy atom. The normalized spacial score (nSPS) is 10.7. The summed E-state index contributed by atoms with van der Waals surface area (Å²) in [6.45, 7) is 2.29. The van der Waals surface area contributed by atoms with Gasteiger partial charge in [0, 0.05) is 18.9 Å². The molecule has 0 atom stereocenters. The zero-order valence-electron chi connectivity index (χ0n) is 8.81. The number of hydroxylamine groups is 1. The molecule has 0 spiro atoms. The van der Waals surface area contributed by atoms with Gasteiger partial charge in [-0.05, 0) is 24.6 Å². The summed E-state index contributed by atoms with van der Waals surface area (Å²) in [6.07, 6.45) is 3.59. The van der Waals surface area contributed by atoms with Gasteiger partial charge in [0.1, 0.15) is 5.82 Å². The topological polar surface area (TPSA) is 50.1 Å². The molecular formula is C11H12ClN3O. The minimum Gasteiger partial charge on any atom is -0.316 e. The van der Waals surface area contributed by atoms with Crippen molar-refractivity contribution in [3.05, 3.63) is 47.0 Å². The number of hydrogen-bond acceptors (Lipinski definition) is 3. The van der Waals surface area contributed by atoms with Crippen molar-refractivity contribution >= 4 is 11.6 Å². The van der Waals surface area contributed by atoms with Gasteiger partial charge in [-0.15, -0.1) is 0 Å². The largest absolute Gasteiger partial charge is 0.316 e. The molecule has 4 nitrogen and oxygen atoms in total. The third-order valence-electron chi connectivity index (χ3n) is 2.38. The van der Waals surface area contributed by atoms with Crippen LogP contribution in [0.3, 0.4) is 0 Å². The Morgan fingerprint density at radius 2 is 2.31 bits per heavy atom. The number of aromatic nitrogens is 2. The molecule has 0 amide bonds. The molecule has 0 aliphatic heterocycles. The van der Waals surface area contributed by atoms with Crippen molar-refractivity contribution in [2.45, 2.75) is 13.5 Å². The standard InChI is InChI=1S/C11H12ClN3O/c1-8-13-4-5-15(8)11-3-2-9(7-14-16)6-10(11)12/h2-6,14,16H,7H2,1H3. The molecule has 0 unspecified atom stereocenters. The van der Waals surface area contributed by atoms with Crippen molar-refractivity contribution in [1.82, 2.24) is 15.0 Å². The second-order valence-electron chi connectivity index (χ2n) is 3.47. The molecule has 0 radical (unpaired) electrons. The molecule has 1 heterocycles. The van der Waals surface area contributed by atoms with Gasteiger partial charge in [-0.1, -0.05) is 17.7 Å². The smallest absolute Gasteiger partial charge is 0.110 e. The van der Waals surface area contributed by atoms with E-state index in [9.17, 15) is 0 Å². The summed E-state index contributed by atoms with van der Waals surface area (Å²) in [5, 5.41) is 9.23. The molecule has 5 heteroatoms. The number of nitrogens with one attached hydrogen (secondary N) is 1. The highest BCUT2D eigenvalue weighted by atomic mass is 35.5.